The molecule has 0 unspecified atom stereocenters. The zero-order chi connectivity index (χ0) is 19.9. The normalized spacial score (nSPS) is 22.7. The maximum Gasteiger partial charge on any atom is 0.516 e. The molecule has 152 valence electrons. The van der Waals surface area contributed by atoms with Gasteiger partial charge in [0.2, 0.25) is 0 Å². The van der Waals surface area contributed by atoms with Crippen LogP contribution in [0.1, 0.15) is 65.1 Å². The van der Waals surface area contributed by atoms with Gasteiger partial charge < -0.3 is 18.6 Å². The van der Waals surface area contributed by atoms with Gasteiger partial charge in [0.25, 0.3) is 0 Å². The molecule has 1 saturated heterocycles. The van der Waals surface area contributed by atoms with Crippen LogP contribution in [-0.2, 0) is 20.8 Å². The highest BCUT2D eigenvalue weighted by molar-refractivity contribution is 6.76. The van der Waals surface area contributed by atoms with E-state index in [2.05, 4.69) is 58.1 Å². The van der Waals surface area contributed by atoms with Gasteiger partial charge in [-0.05, 0) is 46.6 Å². The van der Waals surface area contributed by atoms with Crippen LogP contribution < -0.4 is 5.59 Å². The lowest BCUT2D eigenvalue weighted by atomic mass is 9.86. The minimum absolute atomic E-state index is 0.344. The Bertz CT molecular complexity index is 632. The van der Waals surface area contributed by atoms with E-state index in [-0.39, 0.29) is 11.2 Å². The van der Waals surface area contributed by atoms with Crippen LogP contribution in [0.4, 0.5) is 0 Å². The first-order valence-corrected chi connectivity index (χ1v) is 14.2. The second kappa shape index (κ2) is 7.65. The molecule has 1 saturated carbocycles. The molecule has 5 nitrogen and oxygen atoms in total. The van der Waals surface area contributed by atoms with Crippen molar-refractivity contribution in [3.63, 3.8) is 0 Å². The monoisotopic (exact) mass is 392 g/mol. The quantitative estimate of drug-likeness (QED) is 0.517. The average Bonchev–Trinajstić information content (AvgIpc) is 3.22. The molecule has 7 heteroatoms. The molecule has 2 fully saturated rings. The fraction of sp³-hybridized carbons (Fsp3) is 0.850. The molecule has 3 rings (SSSR count). The van der Waals surface area contributed by atoms with Gasteiger partial charge in [-0.25, -0.2) is 4.98 Å². The Hall–Kier alpha value is -0.628. The van der Waals surface area contributed by atoms with Crippen LogP contribution in [0.3, 0.4) is 0 Å². The van der Waals surface area contributed by atoms with Gasteiger partial charge in [-0.3, -0.25) is 0 Å². The number of imidazole rings is 1. The zero-order valence-corrected chi connectivity index (χ0v) is 19.3. The minimum Gasteiger partial charge on any atom is -0.398 e. The SMILES string of the molecule is CC1(C)OB(c2cn(COCC[Si](C)(C)C)c(C3CCCC3)n2)OC1(C)C. The topological polar surface area (TPSA) is 45.5 Å². The molecule has 2 heterocycles. The van der Waals surface area contributed by atoms with Crippen molar-refractivity contribution in [2.45, 2.75) is 103 Å². The molecule has 0 spiro atoms. The van der Waals surface area contributed by atoms with E-state index in [1.165, 1.54) is 31.7 Å². The fourth-order valence-electron chi connectivity index (χ4n) is 3.68. The van der Waals surface area contributed by atoms with Crippen molar-refractivity contribution in [2.75, 3.05) is 6.61 Å². The van der Waals surface area contributed by atoms with Gasteiger partial charge in [0.15, 0.2) is 0 Å². The standard InChI is InChI=1S/C20H37BN2O3Si/c1-19(2)20(3,4)26-21(25-19)17-14-23(15-24-12-13-27(5,6)7)18(22-17)16-10-8-9-11-16/h14,16H,8-13,15H2,1-7H3. The second-order valence-electron chi connectivity index (χ2n) is 10.4. The molecule has 1 aromatic heterocycles. The largest absolute Gasteiger partial charge is 0.516 e. The molecule has 0 amide bonds. The van der Waals surface area contributed by atoms with Crippen LogP contribution in [-0.4, -0.2) is 42.6 Å². The number of hydrogen-bond donors (Lipinski definition) is 0. The number of aromatic nitrogens is 2. The molecule has 0 radical (unpaired) electrons. The van der Waals surface area contributed by atoms with Crippen molar-refractivity contribution in [3.05, 3.63) is 12.0 Å². The van der Waals surface area contributed by atoms with Gasteiger partial charge in [0, 0.05) is 26.8 Å². The van der Waals surface area contributed by atoms with Gasteiger partial charge in [-0.15, -0.1) is 0 Å². The van der Waals surface area contributed by atoms with E-state index >= 15 is 0 Å². The zero-order valence-electron chi connectivity index (χ0n) is 18.3. The third-order valence-corrected chi connectivity index (χ3v) is 7.97. The lowest BCUT2D eigenvalue weighted by Crippen LogP contribution is -2.41. The summed E-state index contributed by atoms with van der Waals surface area (Å²) in [5.41, 5.74) is 0.190. The summed E-state index contributed by atoms with van der Waals surface area (Å²) >= 11 is 0. The van der Waals surface area contributed by atoms with Crippen molar-refractivity contribution < 1.29 is 14.0 Å². The molecule has 27 heavy (non-hydrogen) atoms. The molecule has 1 aromatic rings. The molecule has 0 N–H and O–H groups in total. The molecular weight excluding hydrogens is 355 g/mol. The Morgan fingerprint density at radius 3 is 2.30 bits per heavy atom. The molecule has 0 atom stereocenters. The number of ether oxygens (including phenoxy) is 1. The maximum absolute atomic E-state index is 6.22. The summed E-state index contributed by atoms with van der Waals surface area (Å²) < 4.78 is 20.7. The molecule has 0 aromatic carbocycles. The van der Waals surface area contributed by atoms with Crippen molar-refractivity contribution in [1.82, 2.24) is 9.55 Å². The molecule has 1 aliphatic carbocycles. The Morgan fingerprint density at radius 2 is 1.74 bits per heavy atom. The van der Waals surface area contributed by atoms with Crippen LogP contribution in [0.15, 0.2) is 6.20 Å². The van der Waals surface area contributed by atoms with Gasteiger partial charge >= 0.3 is 7.12 Å². The summed E-state index contributed by atoms with van der Waals surface area (Å²) in [6, 6.07) is 1.19. The summed E-state index contributed by atoms with van der Waals surface area (Å²) in [5.74, 6) is 1.67. The lowest BCUT2D eigenvalue weighted by molar-refractivity contribution is 0.00578. The molecule has 2 aliphatic rings. The Morgan fingerprint density at radius 1 is 1.15 bits per heavy atom. The first-order chi connectivity index (χ1) is 12.5. The van der Waals surface area contributed by atoms with Gasteiger partial charge in [0.1, 0.15) is 12.6 Å². The van der Waals surface area contributed by atoms with Crippen LogP contribution >= 0.6 is 0 Å². The third-order valence-electron chi connectivity index (χ3n) is 6.27. The van der Waals surface area contributed by atoms with Gasteiger partial charge in [-0.2, -0.15) is 0 Å². The smallest absolute Gasteiger partial charge is 0.398 e. The Balaban J connectivity index is 1.74. The third kappa shape index (κ3) is 4.87. The summed E-state index contributed by atoms with van der Waals surface area (Å²) in [4.78, 5) is 4.97. The van der Waals surface area contributed by atoms with Crippen LogP contribution in [0.5, 0.6) is 0 Å². The highest BCUT2D eigenvalue weighted by atomic mass is 28.3. The molecular formula is C20H37BN2O3Si. The van der Waals surface area contributed by atoms with E-state index in [0.717, 1.165) is 18.0 Å². The van der Waals surface area contributed by atoms with Gasteiger partial charge in [-0.1, -0.05) is 32.5 Å². The Kier molecular flexibility index (Phi) is 5.98. The van der Waals surface area contributed by atoms with Crippen LogP contribution in [0, 0.1) is 0 Å². The Labute approximate surface area is 166 Å². The summed E-state index contributed by atoms with van der Waals surface area (Å²) in [6.45, 7) is 16.9. The minimum atomic E-state index is -1.07. The molecule has 0 bridgehead atoms. The summed E-state index contributed by atoms with van der Waals surface area (Å²) in [7, 11) is -1.48. The van der Waals surface area contributed by atoms with E-state index in [0.29, 0.717) is 12.6 Å². The lowest BCUT2D eigenvalue weighted by Gasteiger charge is -2.32. The predicted molar refractivity (Wildman–Crippen MR) is 113 cm³/mol. The predicted octanol–water partition coefficient (Wildman–Crippen LogP) is 4.15. The van der Waals surface area contributed by atoms with Crippen LogP contribution in [0.25, 0.3) is 0 Å². The highest BCUT2D eigenvalue weighted by Crippen LogP contribution is 2.37. The van der Waals surface area contributed by atoms with Crippen molar-refractivity contribution in [2.24, 2.45) is 0 Å². The second-order valence-corrected chi connectivity index (χ2v) is 16.0. The van der Waals surface area contributed by atoms with E-state index in [1.807, 2.05) is 0 Å². The van der Waals surface area contributed by atoms with Crippen LogP contribution in [0.2, 0.25) is 25.7 Å². The van der Waals surface area contributed by atoms with E-state index in [1.54, 1.807) is 0 Å². The average molecular weight is 392 g/mol. The fourth-order valence-corrected chi connectivity index (χ4v) is 4.44. The molecule has 1 aliphatic heterocycles. The van der Waals surface area contributed by atoms with Crippen molar-refractivity contribution >= 4 is 20.8 Å². The summed E-state index contributed by atoms with van der Waals surface area (Å²) in [6.07, 6.45) is 7.10. The number of rotatable bonds is 7. The van der Waals surface area contributed by atoms with E-state index in [9.17, 15) is 0 Å². The maximum atomic E-state index is 6.22. The highest BCUT2D eigenvalue weighted by Gasteiger charge is 2.52. The van der Waals surface area contributed by atoms with E-state index in [4.69, 9.17) is 19.0 Å². The first kappa shape index (κ1) is 21.1. The van der Waals surface area contributed by atoms with Crippen molar-refractivity contribution in [3.8, 4) is 0 Å². The summed E-state index contributed by atoms with van der Waals surface area (Å²) in [5, 5.41) is 0. The van der Waals surface area contributed by atoms with E-state index < -0.39 is 15.2 Å². The van der Waals surface area contributed by atoms with Crippen molar-refractivity contribution in [1.29, 1.82) is 0 Å². The number of nitrogens with zero attached hydrogens (tertiary/aromatic N) is 2. The number of hydrogen-bond acceptors (Lipinski definition) is 4. The first-order valence-electron chi connectivity index (χ1n) is 10.5. The van der Waals surface area contributed by atoms with Gasteiger partial charge in [0.05, 0.1) is 16.8 Å².